The van der Waals surface area contributed by atoms with Gasteiger partial charge in [-0.25, -0.2) is 4.39 Å². The molecule has 0 saturated carbocycles. The number of methoxy groups -OCH3 is 1. The Kier molecular flexibility index (Phi) is 4.07. The van der Waals surface area contributed by atoms with Gasteiger partial charge in [-0.2, -0.15) is 0 Å². The Morgan fingerprint density at radius 3 is 2.52 bits per heavy atom. The third-order valence-electron chi connectivity index (χ3n) is 4.66. The molecule has 1 aliphatic carbocycles. The maximum absolute atomic E-state index is 14.4. The van der Waals surface area contributed by atoms with Crippen LogP contribution in [0, 0.1) is 11.2 Å². The van der Waals surface area contributed by atoms with Crippen molar-refractivity contribution in [1.29, 1.82) is 5.41 Å². The van der Waals surface area contributed by atoms with Crippen LogP contribution in [-0.2, 0) is 0 Å². The molecule has 0 amide bonds. The lowest BCUT2D eigenvalue weighted by molar-refractivity contribution is 0.386. The molecule has 5 heteroatoms. The molecular weight excluding hydrogens is 343 g/mol. The summed E-state index contributed by atoms with van der Waals surface area (Å²) in [5, 5.41) is 9.16. The van der Waals surface area contributed by atoms with Crippen molar-refractivity contribution < 1.29 is 13.5 Å². The van der Waals surface area contributed by atoms with E-state index in [1.807, 2.05) is 49.3 Å². The van der Waals surface area contributed by atoms with E-state index in [0.29, 0.717) is 16.7 Å². The van der Waals surface area contributed by atoms with E-state index in [2.05, 4.69) is 0 Å². The minimum absolute atomic E-state index is 0.205. The van der Waals surface area contributed by atoms with Crippen molar-refractivity contribution >= 4 is 16.7 Å². The Morgan fingerprint density at radius 1 is 1.00 bits per heavy atom. The van der Waals surface area contributed by atoms with Gasteiger partial charge in [0.05, 0.1) is 12.5 Å². The molecule has 0 radical (unpaired) electrons. The SMILES string of the molecule is COc1ccc(-c2c3ccc(=N)cc-3oc3cc(N(C)C)ccc23)cc1F. The number of nitrogens with one attached hydrogen (secondary N) is 1. The number of fused-ring (bicyclic) bond motifs is 2. The molecule has 27 heavy (non-hydrogen) atoms. The molecule has 1 heterocycles. The lowest BCUT2D eigenvalue weighted by Crippen LogP contribution is -2.08. The van der Waals surface area contributed by atoms with Crippen molar-refractivity contribution in [2.75, 3.05) is 26.1 Å². The largest absolute Gasteiger partial charge is 0.494 e. The van der Waals surface area contributed by atoms with Crippen LogP contribution in [0.15, 0.2) is 59.0 Å². The number of benzene rings is 3. The van der Waals surface area contributed by atoms with Gasteiger partial charge >= 0.3 is 0 Å². The summed E-state index contributed by atoms with van der Waals surface area (Å²) >= 11 is 0. The number of nitrogens with zero attached hydrogens (tertiary/aromatic N) is 1. The molecule has 0 fully saturated rings. The standard InChI is InChI=1S/C22H19FN2O2/c1-25(2)15-6-8-17-21(12-15)27-20-11-14(24)5-7-16(20)22(17)13-4-9-19(26-3)18(23)10-13/h4-12,24H,1-3H3. The van der Waals surface area contributed by atoms with Crippen molar-refractivity contribution in [3.8, 4) is 28.2 Å². The fourth-order valence-corrected chi connectivity index (χ4v) is 3.29. The first-order chi connectivity index (χ1) is 13.0. The van der Waals surface area contributed by atoms with Gasteiger partial charge < -0.3 is 19.5 Å². The Labute approximate surface area is 156 Å². The monoisotopic (exact) mass is 362 g/mol. The Morgan fingerprint density at radius 2 is 1.81 bits per heavy atom. The molecule has 4 rings (SSSR count). The number of hydrogen-bond donors (Lipinski definition) is 1. The number of rotatable bonds is 3. The molecule has 0 atom stereocenters. The maximum Gasteiger partial charge on any atom is 0.165 e. The van der Waals surface area contributed by atoms with E-state index in [1.54, 1.807) is 18.2 Å². The van der Waals surface area contributed by atoms with Gasteiger partial charge in [0.15, 0.2) is 11.6 Å². The Hall–Kier alpha value is -3.34. The molecule has 0 saturated heterocycles. The number of hydrogen-bond acceptors (Lipinski definition) is 4. The first kappa shape index (κ1) is 17.1. The van der Waals surface area contributed by atoms with E-state index in [4.69, 9.17) is 14.6 Å². The minimum Gasteiger partial charge on any atom is -0.494 e. The van der Waals surface area contributed by atoms with Gasteiger partial charge in [0.1, 0.15) is 11.3 Å². The molecule has 2 aliphatic rings. The first-order valence-corrected chi connectivity index (χ1v) is 8.54. The molecular formula is C22H19FN2O2. The van der Waals surface area contributed by atoms with Gasteiger partial charge in [-0.15, -0.1) is 0 Å². The molecule has 0 spiro atoms. The number of ether oxygens (including phenoxy) is 1. The quantitative estimate of drug-likeness (QED) is 0.528. The molecule has 136 valence electrons. The average molecular weight is 362 g/mol. The van der Waals surface area contributed by atoms with E-state index in [-0.39, 0.29) is 5.75 Å². The highest BCUT2D eigenvalue weighted by atomic mass is 19.1. The van der Waals surface area contributed by atoms with E-state index < -0.39 is 5.82 Å². The van der Waals surface area contributed by atoms with Crippen LogP contribution in [0.5, 0.6) is 5.75 Å². The topological polar surface area (TPSA) is 49.5 Å². The molecule has 4 nitrogen and oxygen atoms in total. The highest BCUT2D eigenvalue weighted by Gasteiger charge is 2.18. The lowest BCUT2D eigenvalue weighted by Gasteiger charge is -2.18. The zero-order valence-electron chi connectivity index (χ0n) is 15.3. The zero-order valence-corrected chi connectivity index (χ0v) is 15.3. The number of anilines is 1. The summed E-state index contributed by atoms with van der Waals surface area (Å²) in [4.78, 5) is 1.99. The summed E-state index contributed by atoms with van der Waals surface area (Å²) in [7, 11) is 5.37. The predicted molar refractivity (Wildman–Crippen MR) is 105 cm³/mol. The van der Waals surface area contributed by atoms with E-state index >= 15 is 0 Å². The predicted octanol–water partition coefficient (Wildman–Crippen LogP) is 4.90. The van der Waals surface area contributed by atoms with Crippen LogP contribution in [0.4, 0.5) is 10.1 Å². The van der Waals surface area contributed by atoms with Crippen LogP contribution in [0.3, 0.4) is 0 Å². The van der Waals surface area contributed by atoms with Crippen molar-refractivity contribution in [3.05, 3.63) is 65.8 Å². The fraction of sp³-hybridized carbons (Fsp3) is 0.136. The second-order valence-corrected chi connectivity index (χ2v) is 6.61. The van der Waals surface area contributed by atoms with Crippen LogP contribution in [0.1, 0.15) is 0 Å². The third-order valence-corrected chi connectivity index (χ3v) is 4.66. The van der Waals surface area contributed by atoms with Crippen LogP contribution < -0.4 is 15.0 Å². The molecule has 1 N–H and O–H groups in total. The lowest BCUT2D eigenvalue weighted by atomic mass is 9.93. The summed E-state index contributed by atoms with van der Waals surface area (Å²) in [5.41, 5.74) is 4.12. The molecule has 0 unspecified atom stereocenters. The van der Waals surface area contributed by atoms with Crippen molar-refractivity contribution in [3.63, 3.8) is 0 Å². The summed E-state index contributed by atoms with van der Waals surface area (Å²) in [5.74, 6) is 0.382. The molecule has 2 aromatic carbocycles. The molecule has 2 aromatic rings. The second kappa shape index (κ2) is 6.43. The fourth-order valence-electron chi connectivity index (χ4n) is 3.29. The van der Waals surface area contributed by atoms with Gasteiger partial charge in [0.25, 0.3) is 0 Å². The van der Waals surface area contributed by atoms with Gasteiger partial charge in [-0.05, 0) is 42.0 Å². The van der Waals surface area contributed by atoms with Gasteiger partial charge in [0, 0.05) is 48.4 Å². The normalized spacial score (nSPS) is 11.1. The van der Waals surface area contributed by atoms with Crippen LogP contribution in [0.2, 0.25) is 0 Å². The summed E-state index contributed by atoms with van der Waals surface area (Å²) in [6, 6.07) is 16.1. The summed E-state index contributed by atoms with van der Waals surface area (Å²) < 4.78 is 25.5. The van der Waals surface area contributed by atoms with E-state index in [9.17, 15) is 4.39 Å². The van der Waals surface area contributed by atoms with Gasteiger partial charge in [0.2, 0.25) is 0 Å². The molecule has 1 aliphatic heterocycles. The van der Waals surface area contributed by atoms with Crippen LogP contribution >= 0.6 is 0 Å². The van der Waals surface area contributed by atoms with Crippen LogP contribution in [-0.4, -0.2) is 21.2 Å². The molecule has 0 bridgehead atoms. The number of halogens is 1. The van der Waals surface area contributed by atoms with E-state index in [1.165, 1.54) is 13.2 Å². The molecule has 0 aromatic heterocycles. The highest BCUT2D eigenvalue weighted by molar-refractivity contribution is 6.02. The van der Waals surface area contributed by atoms with Crippen molar-refractivity contribution in [1.82, 2.24) is 0 Å². The van der Waals surface area contributed by atoms with Crippen molar-refractivity contribution in [2.45, 2.75) is 0 Å². The first-order valence-electron chi connectivity index (χ1n) is 8.54. The average Bonchev–Trinajstić information content (AvgIpc) is 2.65. The third kappa shape index (κ3) is 2.91. The van der Waals surface area contributed by atoms with Gasteiger partial charge in [-0.1, -0.05) is 6.07 Å². The van der Waals surface area contributed by atoms with Crippen LogP contribution in [0.25, 0.3) is 33.4 Å². The Balaban J connectivity index is 2.10. The van der Waals surface area contributed by atoms with Crippen molar-refractivity contribution in [2.24, 2.45) is 0 Å². The van der Waals surface area contributed by atoms with Gasteiger partial charge in [-0.3, -0.25) is 0 Å². The minimum atomic E-state index is -0.417. The summed E-state index contributed by atoms with van der Waals surface area (Å²) in [6.07, 6.45) is 0. The highest BCUT2D eigenvalue weighted by Crippen LogP contribution is 2.41. The van der Waals surface area contributed by atoms with E-state index in [0.717, 1.165) is 27.8 Å². The smallest absolute Gasteiger partial charge is 0.165 e. The Bertz CT molecular complexity index is 1180. The zero-order chi connectivity index (χ0) is 19.1. The summed E-state index contributed by atoms with van der Waals surface area (Å²) in [6.45, 7) is 0. The maximum atomic E-state index is 14.4. The second-order valence-electron chi connectivity index (χ2n) is 6.61.